The maximum absolute atomic E-state index is 5.52. The van der Waals surface area contributed by atoms with Crippen LogP contribution >= 0.6 is 0 Å². The van der Waals surface area contributed by atoms with Crippen LogP contribution in [0.2, 0.25) is 0 Å². The first-order chi connectivity index (χ1) is 14.8. The highest BCUT2D eigenvalue weighted by molar-refractivity contribution is 6.03. The van der Waals surface area contributed by atoms with Crippen LogP contribution in [0.5, 0.6) is 11.5 Å². The van der Waals surface area contributed by atoms with Crippen LogP contribution in [0.25, 0.3) is 33.1 Å². The van der Waals surface area contributed by atoms with Crippen LogP contribution in [0.15, 0.2) is 79.3 Å². The van der Waals surface area contributed by atoms with Gasteiger partial charge in [-0.3, -0.25) is 0 Å². The van der Waals surface area contributed by atoms with E-state index in [2.05, 4.69) is 69.3 Å². The predicted molar refractivity (Wildman–Crippen MR) is 119 cm³/mol. The molecular weight excluding hydrogens is 374 g/mol. The minimum Gasteiger partial charge on any atom is -0.493 e. The molecule has 2 heterocycles. The molecule has 0 saturated heterocycles. The first kappa shape index (κ1) is 18.2. The van der Waals surface area contributed by atoms with Gasteiger partial charge in [-0.15, -0.1) is 0 Å². The van der Waals surface area contributed by atoms with E-state index in [4.69, 9.17) is 9.47 Å². The second kappa shape index (κ2) is 7.52. The molecule has 0 atom stereocenters. The van der Waals surface area contributed by atoms with Gasteiger partial charge in [0.1, 0.15) is 6.33 Å². The Morgan fingerprint density at radius 1 is 0.800 bits per heavy atom. The molecule has 0 saturated carbocycles. The highest BCUT2D eigenvalue weighted by atomic mass is 16.5. The molecule has 5 heteroatoms. The normalized spacial score (nSPS) is 11.1. The first-order valence-corrected chi connectivity index (χ1v) is 9.77. The van der Waals surface area contributed by atoms with Gasteiger partial charge in [-0.25, -0.2) is 9.97 Å². The minimum atomic E-state index is 0.654. The van der Waals surface area contributed by atoms with Crippen molar-refractivity contribution < 1.29 is 9.47 Å². The molecule has 0 aliphatic heterocycles. The number of benzene rings is 3. The SMILES string of the molecule is COc1cc2ncnc(-c3cn(Cc4ccccc4)c4ccccc34)c2cc1OC. The molecule has 5 rings (SSSR count). The van der Waals surface area contributed by atoms with Crippen molar-refractivity contribution in [2.75, 3.05) is 14.2 Å². The Morgan fingerprint density at radius 3 is 2.33 bits per heavy atom. The van der Waals surface area contributed by atoms with Crippen molar-refractivity contribution in [1.29, 1.82) is 0 Å². The van der Waals surface area contributed by atoms with Crippen LogP contribution in [0.3, 0.4) is 0 Å². The molecule has 30 heavy (non-hydrogen) atoms. The lowest BCUT2D eigenvalue weighted by Crippen LogP contribution is -1.97. The molecular formula is C25H21N3O2. The first-order valence-electron chi connectivity index (χ1n) is 9.77. The van der Waals surface area contributed by atoms with E-state index in [0.717, 1.165) is 34.1 Å². The highest BCUT2D eigenvalue weighted by Gasteiger charge is 2.16. The van der Waals surface area contributed by atoms with E-state index in [-0.39, 0.29) is 0 Å². The van der Waals surface area contributed by atoms with Gasteiger partial charge >= 0.3 is 0 Å². The minimum absolute atomic E-state index is 0.654. The van der Waals surface area contributed by atoms with Crippen molar-refractivity contribution in [3.63, 3.8) is 0 Å². The number of methoxy groups -OCH3 is 2. The summed E-state index contributed by atoms with van der Waals surface area (Å²) in [6, 6.07) is 22.7. The quantitative estimate of drug-likeness (QED) is 0.404. The molecule has 0 spiro atoms. The summed E-state index contributed by atoms with van der Waals surface area (Å²) in [4.78, 5) is 9.11. The predicted octanol–water partition coefficient (Wildman–Crippen LogP) is 5.32. The fraction of sp³-hybridized carbons (Fsp3) is 0.120. The van der Waals surface area contributed by atoms with E-state index in [1.807, 2.05) is 18.2 Å². The summed E-state index contributed by atoms with van der Waals surface area (Å²) in [7, 11) is 3.27. The monoisotopic (exact) mass is 395 g/mol. The molecule has 0 fully saturated rings. The van der Waals surface area contributed by atoms with Crippen LogP contribution in [0.4, 0.5) is 0 Å². The topological polar surface area (TPSA) is 49.2 Å². The van der Waals surface area contributed by atoms with Crippen molar-refractivity contribution in [2.24, 2.45) is 0 Å². The molecule has 0 unspecified atom stereocenters. The average Bonchev–Trinajstić information content (AvgIpc) is 3.16. The number of ether oxygens (including phenoxy) is 2. The molecule has 148 valence electrons. The van der Waals surface area contributed by atoms with E-state index >= 15 is 0 Å². The number of para-hydroxylation sites is 1. The maximum atomic E-state index is 5.52. The molecule has 0 radical (unpaired) electrons. The van der Waals surface area contributed by atoms with E-state index in [0.29, 0.717) is 11.5 Å². The van der Waals surface area contributed by atoms with E-state index in [1.165, 1.54) is 11.1 Å². The van der Waals surface area contributed by atoms with Crippen molar-refractivity contribution in [3.05, 3.63) is 84.8 Å². The zero-order valence-electron chi connectivity index (χ0n) is 16.9. The molecule has 0 amide bonds. The summed E-state index contributed by atoms with van der Waals surface area (Å²) < 4.78 is 13.2. The highest BCUT2D eigenvalue weighted by Crippen LogP contribution is 2.38. The summed E-state index contributed by atoms with van der Waals surface area (Å²) in [5.41, 5.74) is 5.19. The summed E-state index contributed by atoms with van der Waals surface area (Å²) >= 11 is 0. The van der Waals surface area contributed by atoms with Crippen LogP contribution in [-0.4, -0.2) is 28.8 Å². The Balaban J connectivity index is 1.73. The Bertz CT molecular complexity index is 1340. The zero-order chi connectivity index (χ0) is 20.5. The lowest BCUT2D eigenvalue weighted by molar-refractivity contribution is 0.356. The van der Waals surface area contributed by atoms with E-state index in [1.54, 1.807) is 20.5 Å². The Hall–Kier alpha value is -3.86. The maximum Gasteiger partial charge on any atom is 0.162 e. The van der Waals surface area contributed by atoms with Gasteiger partial charge in [-0.2, -0.15) is 0 Å². The number of fused-ring (bicyclic) bond motifs is 2. The number of rotatable bonds is 5. The fourth-order valence-electron chi connectivity index (χ4n) is 3.94. The third kappa shape index (κ3) is 3.05. The van der Waals surface area contributed by atoms with Crippen molar-refractivity contribution in [2.45, 2.75) is 6.54 Å². The third-order valence-corrected chi connectivity index (χ3v) is 5.38. The summed E-state index contributed by atoms with van der Waals surface area (Å²) in [5, 5.41) is 2.08. The number of aromatic nitrogens is 3. The number of nitrogens with zero attached hydrogens (tertiary/aromatic N) is 3. The summed E-state index contributed by atoms with van der Waals surface area (Å²) in [6.45, 7) is 0.793. The molecule has 2 aromatic heterocycles. The lowest BCUT2D eigenvalue weighted by atomic mass is 10.1. The van der Waals surface area contributed by atoms with Gasteiger partial charge in [-0.05, 0) is 17.7 Å². The fourth-order valence-corrected chi connectivity index (χ4v) is 3.94. The van der Waals surface area contributed by atoms with Gasteiger partial charge in [0.05, 0.1) is 25.4 Å². The Labute approximate surface area is 174 Å². The van der Waals surface area contributed by atoms with Gasteiger partial charge in [0.15, 0.2) is 11.5 Å². The Morgan fingerprint density at radius 2 is 1.53 bits per heavy atom. The molecule has 5 aromatic rings. The molecule has 0 bridgehead atoms. The number of hydrogen-bond acceptors (Lipinski definition) is 4. The molecule has 0 N–H and O–H groups in total. The summed E-state index contributed by atoms with van der Waals surface area (Å²) in [6.07, 6.45) is 3.78. The second-order valence-corrected chi connectivity index (χ2v) is 7.12. The van der Waals surface area contributed by atoms with Gasteiger partial charge in [0.2, 0.25) is 0 Å². The van der Waals surface area contributed by atoms with Gasteiger partial charge in [0, 0.05) is 40.7 Å². The second-order valence-electron chi connectivity index (χ2n) is 7.12. The lowest BCUT2D eigenvalue weighted by Gasteiger charge is -2.10. The van der Waals surface area contributed by atoms with Gasteiger partial charge in [0.25, 0.3) is 0 Å². The standard InChI is InChI=1S/C25H21N3O2/c1-29-23-12-19-21(13-24(23)30-2)26-16-27-25(19)20-15-28(14-17-8-4-3-5-9-17)22-11-7-6-10-18(20)22/h3-13,15-16H,14H2,1-2H3. The molecule has 0 aliphatic rings. The third-order valence-electron chi connectivity index (χ3n) is 5.38. The van der Waals surface area contributed by atoms with Crippen molar-refractivity contribution >= 4 is 21.8 Å². The van der Waals surface area contributed by atoms with Crippen LogP contribution in [0.1, 0.15) is 5.56 Å². The molecule has 0 aliphatic carbocycles. The average molecular weight is 395 g/mol. The molecule has 5 nitrogen and oxygen atoms in total. The number of hydrogen-bond donors (Lipinski definition) is 0. The smallest absolute Gasteiger partial charge is 0.162 e. The van der Waals surface area contributed by atoms with Gasteiger partial charge in [-0.1, -0.05) is 48.5 Å². The van der Waals surface area contributed by atoms with E-state index < -0.39 is 0 Å². The van der Waals surface area contributed by atoms with Crippen molar-refractivity contribution in [3.8, 4) is 22.8 Å². The van der Waals surface area contributed by atoms with Crippen LogP contribution in [-0.2, 0) is 6.54 Å². The summed E-state index contributed by atoms with van der Waals surface area (Å²) in [5.74, 6) is 1.32. The van der Waals surface area contributed by atoms with Crippen molar-refractivity contribution in [1.82, 2.24) is 14.5 Å². The van der Waals surface area contributed by atoms with E-state index in [9.17, 15) is 0 Å². The zero-order valence-corrected chi connectivity index (χ0v) is 16.9. The molecule has 3 aromatic carbocycles. The Kier molecular flexibility index (Phi) is 4.56. The van der Waals surface area contributed by atoms with Crippen LogP contribution < -0.4 is 9.47 Å². The van der Waals surface area contributed by atoms with Crippen LogP contribution in [0, 0.1) is 0 Å². The van der Waals surface area contributed by atoms with Gasteiger partial charge < -0.3 is 14.0 Å². The largest absolute Gasteiger partial charge is 0.493 e.